The number of hydrogen-bond acceptors (Lipinski definition) is 5. The SMILES string of the molecule is Cc1ccc(S(=O)(=O)Nc2ccccc2F)cc1C(=O)NCC(=O)NCc1ccco1. The number of sulfonamides is 1. The third kappa shape index (κ3) is 5.70. The summed E-state index contributed by atoms with van der Waals surface area (Å²) in [4.78, 5) is 24.2. The molecule has 0 aliphatic carbocycles. The van der Waals surface area contributed by atoms with Crippen LogP contribution in [0.2, 0.25) is 0 Å². The monoisotopic (exact) mass is 445 g/mol. The summed E-state index contributed by atoms with van der Waals surface area (Å²) in [5.74, 6) is -1.21. The minimum Gasteiger partial charge on any atom is -0.467 e. The smallest absolute Gasteiger partial charge is 0.262 e. The second-order valence-corrected chi connectivity index (χ2v) is 8.28. The Morgan fingerprint density at radius 1 is 1.03 bits per heavy atom. The first-order valence-electron chi connectivity index (χ1n) is 9.21. The summed E-state index contributed by atoms with van der Waals surface area (Å²) in [6.07, 6.45) is 1.48. The Labute approximate surface area is 178 Å². The van der Waals surface area contributed by atoms with E-state index in [1.54, 1.807) is 19.1 Å². The van der Waals surface area contributed by atoms with Gasteiger partial charge in [0.05, 0.1) is 29.9 Å². The molecular formula is C21H20FN3O5S. The molecule has 0 saturated heterocycles. The number of para-hydroxylation sites is 1. The molecule has 8 nitrogen and oxygen atoms in total. The second kappa shape index (κ2) is 9.43. The number of carbonyl (C=O) groups is 2. The zero-order chi connectivity index (χ0) is 22.4. The number of halogens is 1. The Kier molecular flexibility index (Phi) is 6.71. The largest absolute Gasteiger partial charge is 0.467 e. The molecule has 0 saturated carbocycles. The first kappa shape index (κ1) is 22.0. The molecule has 0 spiro atoms. The number of anilines is 1. The van der Waals surface area contributed by atoms with Crippen LogP contribution in [0.15, 0.2) is 70.2 Å². The van der Waals surface area contributed by atoms with Crippen LogP contribution >= 0.6 is 0 Å². The highest BCUT2D eigenvalue weighted by molar-refractivity contribution is 7.92. The van der Waals surface area contributed by atoms with Gasteiger partial charge in [0.15, 0.2) is 0 Å². The summed E-state index contributed by atoms with van der Waals surface area (Å²) in [6, 6.07) is 12.7. The van der Waals surface area contributed by atoms with Gasteiger partial charge in [-0.05, 0) is 48.9 Å². The van der Waals surface area contributed by atoms with Crippen LogP contribution in [0.25, 0.3) is 0 Å². The molecule has 162 valence electrons. The highest BCUT2D eigenvalue weighted by atomic mass is 32.2. The van der Waals surface area contributed by atoms with Gasteiger partial charge >= 0.3 is 0 Å². The second-order valence-electron chi connectivity index (χ2n) is 6.60. The van der Waals surface area contributed by atoms with E-state index in [4.69, 9.17) is 4.42 Å². The number of hydrogen-bond donors (Lipinski definition) is 3. The molecular weight excluding hydrogens is 425 g/mol. The van der Waals surface area contributed by atoms with Gasteiger partial charge in [-0.3, -0.25) is 14.3 Å². The molecule has 1 aromatic heterocycles. The third-order valence-electron chi connectivity index (χ3n) is 4.33. The van der Waals surface area contributed by atoms with Gasteiger partial charge in [-0.25, -0.2) is 12.8 Å². The maximum absolute atomic E-state index is 13.8. The van der Waals surface area contributed by atoms with Crippen LogP contribution < -0.4 is 15.4 Å². The van der Waals surface area contributed by atoms with Crippen molar-refractivity contribution in [3.05, 3.63) is 83.6 Å². The van der Waals surface area contributed by atoms with Crippen LogP contribution in [0.3, 0.4) is 0 Å². The Hall–Kier alpha value is -3.66. The molecule has 0 fully saturated rings. The maximum Gasteiger partial charge on any atom is 0.262 e. The van der Waals surface area contributed by atoms with Crippen LogP contribution in [0, 0.1) is 12.7 Å². The molecule has 0 aliphatic rings. The van der Waals surface area contributed by atoms with Crippen molar-refractivity contribution >= 4 is 27.5 Å². The number of furan rings is 1. The molecule has 31 heavy (non-hydrogen) atoms. The van der Waals surface area contributed by atoms with E-state index in [0.717, 1.165) is 6.07 Å². The fourth-order valence-corrected chi connectivity index (χ4v) is 3.77. The van der Waals surface area contributed by atoms with Crippen molar-refractivity contribution in [1.29, 1.82) is 0 Å². The molecule has 0 aliphatic heterocycles. The highest BCUT2D eigenvalue weighted by Gasteiger charge is 2.20. The lowest BCUT2D eigenvalue weighted by atomic mass is 10.1. The molecule has 10 heteroatoms. The maximum atomic E-state index is 13.8. The van der Waals surface area contributed by atoms with Crippen LogP contribution in [-0.4, -0.2) is 26.8 Å². The molecule has 3 aromatic rings. The zero-order valence-corrected chi connectivity index (χ0v) is 17.3. The van der Waals surface area contributed by atoms with Crippen molar-refractivity contribution in [2.45, 2.75) is 18.4 Å². The zero-order valence-electron chi connectivity index (χ0n) is 16.5. The van der Waals surface area contributed by atoms with E-state index in [0.29, 0.717) is 11.3 Å². The standard InChI is InChI=1S/C21H20FN3O5S/c1-14-8-9-16(31(28,29)25-19-7-3-2-6-18(19)22)11-17(14)21(27)24-13-20(26)23-12-15-5-4-10-30-15/h2-11,25H,12-13H2,1H3,(H,23,26)(H,24,27). The van der Waals surface area contributed by atoms with Crippen LogP contribution in [-0.2, 0) is 21.4 Å². The summed E-state index contributed by atoms with van der Waals surface area (Å²) in [5.41, 5.74) is 0.385. The predicted molar refractivity (Wildman–Crippen MR) is 111 cm³/mol. The average molecular weight is 445 g/mol. The van der Waals surface area contributed by atoms with Crippen molar-refractivity contribution in [1.82, 2.24) is 10.6 Å². The molecule has 0 bridgehead atoms. The van der Waals surface area contributed by atoms with Gasteiger partial charge in [-0.2, -0.15) is 0 Å². The summed E-state index contributed by atoms with van der Waals surface area (Å²) in [6.45, 7) is 1.51. The van der Waals surface area contributed by atoms with E-state index in [9.17, 15) is 22.4 Å². The van der Waals surface area contributed by atoms with Gasteiger partial charge in [0.1, 0.15) is 11.6 Å². The average Bonchev–Trinajstić information content (AvgIpc) is 3.26. The lowest BCUT2D eigenvalue weighted by Gasteiger charge is -2.12. The summed E-state index contributed by atoms with van der Waals surface area (Å²) < 4.78 is 46.3. The topological polar surface area (TPSA) is 118 Å². The van der Waals surface area contributed by atoms with Crippen molar-refractivity contribution < 1.29 is 26.8 Å². The van der Waals surface area contributed by atoms with E-state index in [1.165, 1.54) is 42.7 Å². The van der Waals surface area contributed by atoms with Crippen LogP contribution in [0.4, 0.5) is 10.1 Å². The van der Waals surface area contributed by atoms with E-state index >= 15 is 0 Å². The lowest BCUT2D eigenvalue weighted by Crippen LogP contribution is -2.36. The Balaban J connectivity index is 1.67. The van der Waals surface area contributed by atoms with Crippen LogP contribution in [0.1, 0.15) is 21.7 Å². The highest BCUT2D eigenvalue weighted by Crippen LogP contribution is 2.21. The first-order valence-corrected chi connectivity index (χ1v) is 10.7. The minimum absolute atomic E-state index is 0.0789. The molecule has 0 unspecified atom stereocenters. The first-order chi connectivity index (χ1) is 14.8. The Bertz CT molecular complexity index is 1190. The number of carbonyl (C=O) groups excluding carboxylic acids is 2. The van der Waals surface area contributed by atoms with E-state index < -0.39 is 27.7 Å². The molecule has 0 radical (unpaired) electrons. The van der Waals surface area contributed by atoms with Gasteiger partial charge in [0.25, 0.3) is 15.9 Å². The van der Waals surface area contributed by atoms with Crippen molar-refractivity contribution in [2.24, 2.45) is 0 Å². The van der Waals surface area contributed by atoms with Crippen LogP contribution in [0.5, 0.6) is 0 Å². The van der Waals surface area contributed by atoms with E-state index in [1.807, 2.05) is 0 Å². The summed E-state index contributed by atoms with van der Waals surface area (Å²) in [7, 11) is -4.13. The predicted octanol–water partition coefficient (Wildman–Crippen LogP) is 2.57. The molecule has 3 rings (SSSR count). The van der Waals surface area contributed by atoms with Crippen molar-refractivity contribution in [2.75, 3.05) is 11.3 Å². The Morgan fingerprint density at radius 2 is 1.81 bits per heavy atom. The number of benzene rings is 2. The van der Waals surface area contributed by atoms with Crippen molar-refractivity contribution in [3.8, 4) is 0 Å². The fraction of sp³-hybridized carbons (Fsp3) is 0.143. The molecule has 1 heterocycles. The van der Waals surface area contributed by atoms with E-state index in [2.05, 4.69) is 15.4 Å². The Morgan fingerprint density at radius 3 is 2.52 bits per heavy atom. The third-order valence-corrected chi connectivity index (χ3v) is 5.69. The van der Waals surface area contributed by atoms with Gasteiger partial charge in [-0.15, -0.1) is 0 Å². The minimum atomic E-state index is -4.13. The number of aryl methyl sites for hydroxylation is 1. The van der Waals surface area contributed by atoms with Gasteiger partial charge in [0.2, 0.25) is 5.91 Å². The van der Waals surface area contributed by atoms with Gasteiger partial charge in [0, 0.05) is 5.56 Å². The van der Waals surface area contributed by atoms with Gasteiger partial charge in [-0.1, -0.05) is 18.2 Å². The fourth-order valence-electron chi connectivity index (χ4n) is 2.68. The normalized spacial score (nSPS) is 11.0. The molecule has 0 atom stereocenters. The van der Waals surface area contributed by atoms with Gasteiger partial charge < -0.3 is 15.1 Å². The molecule has 2 aromatic carbocycles. The number of rotatable bonds is 8. The number of nitrogens with one attached hydrogen (secondary N) is 3. The summed E-state index contributed by atoms with van der Waals surface area (Å²) in [5, 5.41) is 5.04. The number of amides is 2. The summed E-state index contributed by atoms with van der Waals surface area (Å²) >= 11 is 0. The molecule has 3 N–H and O–H groups in total. The van der Waals surface area contributed by atoms with Crippen molar-refractivity contribution in [3.63, 3.8) is 0 Å². The quantitative estimate of drug-likeness (QED) is 0.493. The lowest BCUT2D eigenvalue weighted by molar-refractivity contribution is -0.120. The molecule has 2 amide bonds. The van der Waals surface area contributed by atoms with E-state index in [-0.39, 0.29) is 29.2 Å².